The van der Waals surface area contributed by atoms with Gasteiger partial charge in [0.2, 0.25) is 21.2 Å². The number of amides is 1. The second-order valence-corrected chi connectivity index (χ2v) is 11.8. The molecular formula is C23H24N6O4S2. The van der Waals surface area contributed by atoms with Crippen molar-refractivity contribution >= 4 is 32.4 Å². The molecule has 12 heteroatoms. The first-order valence-electron chi connectivity index (χ1n) is 10.7. The Morgan fingerprint density at radius 3 is 2.37 bits per heavy atom. The van der Waals surface area contributed by atoms with Gasteiger partial charge in [0, 0.05) is 11.1 Å². The highest BCUT2D eigenvalue weighted by molar-refractivity contribution is 7.91. The summed E-state index contributed by atoms with van der Waals surface area (Å²) in [5.41, 5.74) is 3.39. The molecule has 0 unspecified atom stereocenters. The van der Waals surface area contributed by atoms with Crippen LogP contribution >= 0.6 is 11.3 Å². The summed E-state index contributed by atoms with van der Waals surface area (Å²) in [6.45, 7) is 8.06. The average molecular weight is 513 g/mol. The molecule has 0 radical (unpaired) electrons. The first kappa shape index (κ1) is 24.6. The van der Waals surface area contributed by atoms with Crippen LogP contribution in [-0.2, 0) is 22.0 Å². The molecule has 35 heavy (non-hydrogen) atoms. The quantitative estimate of drug-likeness (QED) is 0.355. The van der Waals surface area contributed by atoms with Gasteiger partial charge in [-0.2, -0.15) is 9.71 Å². The lowest BCUT2D eigenvalue weighted by Gasteiger charge is -2.18. The van der Waals surface area contributed by atoms with Crippen molar-refractivity contribution in [2.75, 3.05) is 5.32 Å². The van der Waals surface area contributed by atoms with Crippen LogP contribution in [0, 0.1) is 6.92 Å². The predicted octanol–water partition coefficient (Wildman–Crippen LogP) is 3.92. The third kappa shape index (κ3) is 5.96. The van der Waals surface area contributed by atoms with Gasteiger partial charge in [0.15, 0.2) is 0 Å². The second-order valence-electron chi connectivity index (χ2n) is 8.86. The summed E-state index contributed by atoms with van der Waals surface area (Å²) in [7, 11) is -4.01. The highest BCUT2D eigenvalue weighted by Crippen LogP contribution is 2.25. The smallest absolute Gasteiger partial charge is 0.270 e. The van der Waals surface area contributed by atoms with E-state index in [4.69, 9.17) is 4.52 Å². The molecular weight excluding hydrogens is 488 g/mol. The molecule has 0 aliphatic carbocycles. The van der Waals surface area contributed by atoms with E-state index in [0.29, 0.717) is 11.4 Å². The van der Waals surface area contributed by atoms with E-state index in [-0.39, 0.29) is 27.3 Å². The van der Waals surface area contributed by atoms with E-state index in [2.05, 4.69) is 51.1 Å². The normalized spacial score (nSPS) is 12.0. The molecule has 0 spiro atoms. The van der Waals surface area contributed by atoms with Crippen LogP contribution in [0.1, 0.15) is 48.1 Å². The number of carbonyl (C=O) groups is 1. The van der Waals surface area contributed by atoms with E-state index >= 15 is 0 Å². The largest absolute Gasteiger partial charge is 0.338 e. The van der Waals surface area contributed by atoms with Crippen LogP contribution in [0.4, 0.5) is 5.13 Å². The minimum atomic E-state index is -4.01. The zero-order valence-corrected chi connectivity index (χ0v) is 21.2. The molecule has 10 nitrogen and oxygen atoms in total. The highest BCUT2D eigenvalue weighted by Gasteiger charge is 2.22. The van der Waals surface area contributed by atoms with Crippen molar-refractivity contribution < 1.29 is 17.7 Å². The van der Waals surface area contributed by atoms with Crippen LogP contribution < -0.4 is 10.0 Å². The number of benzene rings is 2. The Hall–Kier alpha value is -3.48. The number of rotatable bonds is 7. The molecule has 2 N–H and O–H groups in total. The van der Waals surface area contributed by atoms with Gasteiger partial charge in [0.25, 0.3) is 15.9 Å². The van der Waals surface area contributed by atoms with Crippen molar-refractivity contribution in [3.63, 3.8) is 0 Å². The number of sulfonamides is 1. The number of aryl methyl sites for hydroxylation is 1. The number of aromatic nitrogens is 4. The van der Waals surface area contributed by atoms with Gasteiger partial charge in [-0.3, -0.25) is 10.1 Å². The van der Waals surface area contributed by atoms with Crippen LogP contribution in [0.15, 0.2) is 57.4 Å². The maximum absolute atomic E-state index is 12.6. The molecule has 0 aliphatic heterocycles. The SMILES string of the molecule is Cc1ccc(C(=O)Nc2nnc(S(=O)(=O)NCc3nc(-c4ccc(C(C)(C)C)cc4)no3)s2)cc1. The summed E-state index contributed by atoms with van der Waals surface area (Å²) in [6.07, 6.45) is 0. The maximum atomic E-state index is 12.6. The molecule has 4 rings (SSSR count). The molecule has 2 aromatic heterocycles. The molecule has 0 saturated carbocycles. The van der Waals surface area contributed by atoms with E-state index in [1.807, 2.05) is 31.2 Å². The van der Waals surface area contributed by atoms with E-state index < -0.39 is 15.9 Å². The number of anilines is 1. The van der Waals surface area contributed by atoms with E-state index in [1.54, 1.807) is 24.3 Å². The Balaban J connectivity index is 1.38. The number of hydrogen-bond acceptors (Lipinski definition) is 9. The zero-order valence-electron chi connectivity index (χ0n) is 19.6. The zero-order chi connectivity index (χ0) is 25.2. The summed E-state index contributed by atoms with van der Waals surface area (Å²) in [5.74, 6) is 0.0459. The second kappa shape index (κ2) is 9.64. The van der Waals surface area contributed by atoms with Crippen LogP contribution in [-0.4, -0.2) is 34.7 Å². The molecule has 2 heterocycles. The maximum Gasteiger partial charge on any atom is 0.270 e. The van der Waals surface area contributed by atoms with E-state index in [9.17, 15) is 13.2 Å². The standard InChI is InChI=1S/C23H24N6O4S2/c1-14-5-7-16(8-6-14)20(30)26-21-27-28-22(34-21)35(31,32)24-13-18-25-19(29-33-18)15-9-11-17(12-10-15)23(2,3)4/h5-12,24H,13H2,1-4H3,(H,26,27,30). The number of hydrogen-bond donors (Lipinski definition) is 2. The topological polar surface area (TPSA) is 140 Å². The van der Waals surface area contributed by atoms with Gasteiger partial charge < -0.3 is 4.52 Å². The van der Waals surface area contributed by atoms with Crippen LogP contribution in [0.25, 0.3) is 11.4 Å². The van der Waals surface area contributed by atoms with Crippen LogP contribution in [0.3, 0.4) is 0 Å². The summed E-state index contributed by atoms with van der Waals surface area (Å²) in [5, 5.41) is 14.0. The lowest BCUT2D eigenvalue weighted by Crippen LogP contribution is -2.23. The predicted molar refractivity (Wildman–Crippen MR) is 132 cm³/mol. The Morgan fingerprint density at radius 1 is 1.03 bits per heavy atom. The van der Waals surface area contributed by atoms with Crippen LogP contribution in [0.5, 0.6) is 0 Å². The molecule has 4 aromatic rings. The fourth-order valence-electron chi connectivity index (χ4n) is 3.02. The third-order valence-corrected chi connectivity index (χ3v) is 7.67. The van der Waals surface area contributed by atoms with Crippen molar-refractivity contribution in [3.8, 4) is 11.4 Å². The van der Waals surface area contributed by atoms with Gasteiger partial charge in [-0.05, 0) is 30.0 Å². The lowest BCUT2D eigenvalue weighted by molar-refractivity contribution is 0.102. The first-order valence-corrected chi connectivity index (χ1v) is 13.0. The average Bonchev–Trinajstić information content (AvgIpc) is 3.48. The van der Waals surface area contributed by atoms with Crippen molar-refractivity contribution in [3.05, 3.63) is 71.1 Å². The van der Waals surface area contributed by atoms with Gasteiger partial charge in [-0.1, -0.05) is 79.2 Å². The Kier molecular flexibility index (Phi) is 6.79. The molecule has 182 valence electrons. The third-order valence-electron chi connectivity index (χ3n) is 5.06. The first-order chi connectivity index (χ1) is 16.5. The minimum Gasteiger partial charge on any atom is -0.338 e. The summed E-state index contributed by atoms with van der Waals surface area (Å²) in [4.78, 5) is 16.6. The van der Waals surface area contributed by atoms with Crippen molar-refractivity contribution in [2.45, 2.75) is 44.0 Å². The van der Waals surface area contributed by atoms with Crippen molar-refractivity contribution in [1.29, 1.82) is 0 Å². The van der Waals surface area contributed by atoms with Gasteiger partial charge in [-0.15, -0.1) is 10.2 Å². The Labute approximate surface area is 206 Å². The molecule has 2 aromatic carbocycles. The molecule has 0 atom stereocenters. The van der Waals surface area contributed by atoms with E-state index in [1.165, 1.54) is 5.56 Å². The lowest BCUT2D eigenvalue weighted by atomic mass is 9.87. The van der Waals surface area contributed by atoms with Crippen molar-refractivity contribution in [2.24, 2.45) is 0 Å². The molecule has 0 fully saturated rings. The fourth-order valence-corrected chi connectivity index (χ4v) is 4.93. The Bertz CT molecular complexity index is 1440. The van der Waals surface area contributed by atoms with Crippen molar-refractivity contribution in [1.82, 2.24) is 25.1 Å². The summed E-state index contributed by atoms with van der Waals surface area (Å²) >= 11 is 0.735. The molecule has 0 aliphatic rings. The van der Waals surface area contributed by atoms with Gasteiger partial charge in [0.1, 0.15) is 0 Å². The molecule has 0 saturated heterocycles. The number of carbonyl (C=O) groups excluding carboxylic acids is 1. The minimum absolute atomic E-state index is 0.0211. The monoisotopic (exact) mass is 512 g/mol. The van der Waals surface area contributed by atoms with Crippen LogP contribution in [0.2, 0.25) is 0 Å². The summed E-state index contributed by atoms with van der Waals surface area (Å²) < 4.78 is 32.5. The van der Waals surface area contributed by atoms with Gasteiger partial charge in [0.05, 0.1) is 6.54 Å². The highest BCUT2D eigenvalue weighted by atomic mass is 32.2. The molecule has 0 bridgehead atoms. The van der Waals surface area contributed by atoms with Gasteiger partial charge in [-0.25, -0.2) is 8.42 Å². The van der Waals surface area contributed by atoms with Gasteiger partial charge >= 0.3 is 0 Å². The number of nitrogens with zero attached hydrogens (tertiary/aromatic N) is 4. The Morgan fingerprint density at radius 2 is 1.71 bits per heavy atom. The summed E-state index contributed by atoms with van der Waals surface area (Å²) in [6, 6.07) is 14.7. The fraction of sp³-hybridized carbons (Fsp3) is 0.261. The molecule has 1 amide bonds. The van der Waals surface area contributed by atoms with E-state index in [0.717, 1.165) is 22.5 Å². The number of nitrogens with one attached hydrogen (secondary N) is 2.